The zero-order chi connectivity index (χ0) is 51.8. The zero-order valence-electron chi connectivity index (χ0n) is 43.9. The molecule has 3 N–H and O–H groups in total. The van der Waals surface area contributed by atoms with Gasteiger partial charge in [-0.15, -0.1) is 0 Å². The Balaban J connectivity index is 2.79. The zero-order valence-corrected chi connectivity index (χ0v) is 43.9. The molecule has 1 saturated heterocycles. The van der Waals surface area contributed by atoms with Gasteiger partial charge in [0.25, 0.3) is 0 Å². The van der Waals surface area contributed by atoms with Gasteiger partial charge in [0.05, 0.1) is 6.61 Å². The van der Waals surface area contributed by atoms with Crippen molar-refractivity contribution in [2.45, 2.75) is 237 Å². The van der Waals surface area contributed by atoms with Crippen LogP contribution in [0.3, 0.4) is 0 Å². The van der Waals surface area contributed by atoms with Crippen LogP contribution in [-0.2, 0) is 42.9 Å². The third-order valence-corrected chi connectivity index (χ3v) is 11.7. The lowest BCUT2D eigenvalue weighted by atomic mass is 9.98. The van der Waals surface area contributed by atoms with Gasteiger partial charge in [0.15, 0.2) is 24.6 Å². The van der Waals surface area contributed by atoms with E-state index in [0.29, 0.717) is 25.7 Å². The maximum atomic E-state index is 13.0. The van der Waals surface area contributed by atoms with Gasteiger partial charge in [0.2, 0.25) is 0 Å². The molecule has 1 aliphatic heterocycles. The van der Waals surface area contributed by atoms with Crippen molar-refractivity contribution < 1.29 is 58.2 Å². The van der Waals surface area contributed by atoms with Gasteiger partial charge >= 0.3 is 23.9 Å². The van der Waals surface area contributed by atoms with E-state index in [0.717, 1.165) is 83.5 Å². The highest BCUT2D eigenvalue weighted by molar-refractivity contribution is 5.74. The van der Waals surface area contributed by atoms with Crippen LogP contribution in [0.5, 0.6) is 0 Å². The summed E-state index contributed by atoms with van der Waals surface area (Å²) >= 11 is 0. The van der Waals surface area contributed by atoms with Gasteiger partial charge in [-0.05, 0) is 83.5 Å². The predicted octanol–water partition coefficient (Wildman–Crippen LogP) is 13.3. The summed E-state index contributed by atoms with van der Waals surface area (Å²) in [6, 6.07) is 0. The van der Waals surface area contributed by atoms with Crippen LogP contribution in [0.25, 0.3) is 0 Å². The van der Waals surface area contributed by atoms with Gasteiger partial charge in [-0.25, -0.2) is 4.79 Å². The summed E-state index contributed by atoms with van der Waals surface area (Å²) in [4.78, 5) is 50.9. The Morgan fingerprint density at radius 3 is 1.41 bits per heavy atom. The summed E-state index contributed by atoms with van der Waals surface area (Å²) in [5.74, 6) is -3.30. The number of ether oxygens (including phenoxy) is 5. The van der Waals surface area contributed by atoms with Gasteiger partial charge < -0.3 is 39.0 Å². The van der Waals surface area contributed by atoms with E-state index in [1.807, 2.05) is 12.2 Å². The molecule has 1 heterocycles. The molecule has 71 heavy (non-hydrogen) atoms. The summed E-state index contributed by atoms with van der Waals surface area (Å²) < 4.78 is 28.2. The molecule has 12 nitrogen and oxygen atoms in total. The second-order valence-electron chi connectivity index (χ2n) is 18.1. The molecule has 0 bridgehead atoms. The largest absolute Gasteiger partial charge is 0.479 e. The van der Waals surface area contributed by atoms with Crippen molar-refractivity contribution in [1.82, 2.24) is 0 Å². The number of aliphatic hydroxyl groups excluding tert-OH is 2. The van der Waals surface area contributed by atoms with Crippen LogP contribution >= 0.6 is 0 Å². The first-order chi connectivity index (χ1) is 34.6. The van der Waals surface area contributed by atoms with E-state index in [4.69, 9.17) is 23.7 Å². The smallest absolute Gasteiger partial charge is 0.335 e. The standard InChI is InChI=1S/C59H94O12/c1-4-7-10-13-16-19-22-25-26-29-30-33-36-39-42-45-51(60)67-48-50(69-52(61)46-43-40-37-34-31-27-23-20-17-14-11-8-5-2)49-68-59-57(55(64)54(63)56(71-59)58(65)66)70-53(62)47-44-41-38-35-32-28-24-21-18-15-12-9-6-3/h7-8,10-11,16-17,19-20,25-27,30-31,33,37,40,50,54-57,59,63-64H,4-6,9,12-15,18,21-24,28-29,32,34-36,38-39,41-49H2,1-3H3,(H,65,66)/b10-7-,11-8-,19-16-,20-17-,26-25-,31-27-,33-30-,40-37-. The fraction of sp³-hybridized carbons (Fsp3) is 0.661. The summed E-state index contributed by atoms with van der Waals surface area (Å²) in [6.45, 7) is 5.63. The van der Waals surface area contributed by atoms with E-state index in [1.54, 1.807) is 0 Å². The molecule has 6 atom stereocenters. The lowest BCUT2D eigenvalue weighted by Crippen LogP contribution is -2.61. The summed E-state index contributed by atoms with van der Waals surface area (Å²) in [5.41, 5.74) is 0. The van der Waals surface area contributed by atoms with E-state index >= 15 is 0 Å². The lowest BCUT2D eigenvalue weighted by molar-refractivity contribution is -0.301. The van der Waals surface area contributed by atoms with Gasteiger partial charge in [-0.1, -0.05) is 195 Å². The van der Waals surface area contributed by atoms with E-state index < -0.39 is 67.3 Å². The van der Waals surface area contributed by atoms with Crippen LogP contribution in [0.15, 0.2) is 97.2 Å². The molecule has 0 radical (unpaired) electrons. The number of unbranched alkanes of at least 4 members (excludes halogenated alkanes) is 14. The Hall–Kier alpha value is -4.36. The molecular weight excluding hydrogens is 901 g/mol. The topological polar surface area (TPSA) is 175 Å². The molecule has 0 spiro atoms. The van der Waals surface area contributed by atoms with Gasteiger partial charge in [-0.3, -0.25) is 14.4 Å². The van der Waals surface area contributed by atoms with Crippen LogP contribution in [0.2, 0.25) is 0 Å². The second-order valence-corrected chi connectivity index (χ2v) is 18.1. The Kier molecular flexibility index (Phi) is 42.5. The summed E-state index contributed by atoms with van der Waals surface area (Å²) in [6.07, 6.45) is 48.4. The van der Waals surface area contributed by atoms with Crippen molar-refractivity contribution >= 4 is 23.9 Å². The summed E-state index contributed by atoms with van der Waals surface area (Å²) in [5, 5.41) is 31.4. The van der Waals surface area contributed by atoms with Gasteiger partial charge in [0, 0.05) is 19.3 Å². The van der Waals surface area contributed by atoms with Gasteiger partial charge in [0.1, 0.15) is 18.8 Å². The maximum Gasteiger partial charge on any atom is 0.335 e. The molecule has 0 aromatic heterocycles. The molecule has 12 heteroatoms. The minimum atomic E-state index is -1.92. The highest BCUT2D eigenvalue weighted by atomic mass is 16.7. The average Bonchev–Trinajstić information content (AvgIpc) is 3.35. The quantitative estimate of drug-likeness (QED) is 0.0228. The third kappa shape index (κ3) is 37.1. The molecule has 1 rings (SSSR count). The number of allylic oxidation sites excluding steroid dienone is 16. The van der Waals surface area contributed by atoms with Crippen LogP contribution < -0.4 is 0 Å². The number of hydrogen-bond donors (Lipinski definition) is 3. The average molecular weight is 995 g/mol. The molecule has 0 aromatic rings. The number of aliphatic carboxylic acids is 1. The fourth-order valence-corrected chi connectivity index (χ4v) is 7.55. The minimum Gasteiger partial charge on any atom is -0.479 e. The minimum absolute atomic E-state index is 0.0291. The number of carboxylic acids is 1. The number of carboxylic acid groups (broad SMARTS) is 1. The first kappa shape index (κ1) is 64.7. The van der Waals surface area contributed by atoms with Crippen molar-refractivity contribution in [3.05, 3.63) is 97.2 Å². The van der Waals surface area contributed by atoms with Crippen LogP contribution in [-0.4, -0.2) is 89.2 Å². The second kappa shape index (κ2) is 46.7. The predicted molar refractivity (Wildman–Crippen MR) is 284 cm³/mol. The SMILES string of the molecule is CC/C=C\C/C=C\C/C=C\C/C=C\CCCCC(=O)OCC(COC1OC(C(=O)O)C(O)C(O)C1OC(=O)CCCCCCCCCCCCCCC)OC(=O)CC/C=C\C/C=C\C/C=C\C/C=C\CC. The number of esters is 3. The normalized spacial score (nSPS) is 19.3. The van der Waals surface area contributed by atoms with Crippen LogP contribution in [0.1, 0.15) is 201 Å². The highest BCUT2D eigenvalue weighted by Crippen LogP contribution is 2.26. The van der Waals surface area contributed by atoms with Crippen molar-refractivity contribution in [3.8, 4) is 0 Å². The number of hydrogen-bond acceptors (Lipinski definition) is 11. The highest BCUT2D eigenvalue weighted by Gasteiger charge is 2.50. The molecule has 1 fully saturated rings. The summed E-state index contributed by atoms with van der Waals surface area (Å²) in [7, 11) is 0. The third-order valence-electron chi connectivity index (χ3n) is 11.7. The Labute approximate surface area is 428 Å². The molecule has 402 valence electrons. The number of rotatable bonds is 44. The van der Waals surface area contributed by atoms with Crippen molar-refractivity contribution in [2.75, 3.05) is 13.2 Å². The van der Waals surface area contributed by atoms with Crippen LogP contribution in [0.4, 0.5) is 0 Å². The molecule has 0 aromatic carbocycles. The number of carbonyl (C=O) groups excluding carboxylic acids is 3. The first-order valence-corrected chi connectivity index (χ1v) is 27.2. The Morgan fingerprint density at radius 1 is 0.479 bits per heavy atom. The van der Waals surface area contributed by atoms with Crippen molar-refractivity contribution in [3.63, 3.8) is 0 Å². The van der Waals surface area contributed by atoms with E-state index in [2.05, 4.69) is 106 Å². The first-order valence-electron chi connectivity index (χ1n) is 27.2. The number of aliphatic hydroxyl groups is 2. The Morgan fingerprint density at radius 2 is 0.915 bits per heavy atom. The molecule has 1 aliphatic rings. The Bertz CT molecular complexity index is 1610. The van der Waals surface area contributed by atoms with E-state index in [-0.39, 0.29) is 25.9 Å². The van der Waals surface area contributed by atoms with E-state index in [1.165, 1.54) is 51.4 Å². The monoisotopic (exact) mass is 995 g/mol. The molecule has 0 amide bonds. The fourth-order valence-electron chi connectivity index (χ4n) is 7.55. The van der Waals surface area contributed by atoms with E-state index in [9.17, 15) is 34.5 Å². The molecular formula is C59H94O12. The number of carbonyl (C=O) groups is 4. The van der Waals surface area contributed by atoms with Crippen molar-refractivity contribution in [2.24, 2.45) is 0 Å². The molecule has 0 saturated carbocycles. The van der Waals surface area contributed by atoms with Crippen LogP contribution in [0, 0.1) is 0 Å². The molecule has 6 unspecified atom stereocenters. The lowest BCUT2D eigenvalue weighted by Gasteiger charge is -2.40. The van der Waals surface area contributed by atoms with Gasteiger partial charge in [-0.2, -0.15) is 0 Å². The molecule has 0 aliphatic carbocycles. The maximum absolute atomic E-state index is 13.0. The van der Waals surface area contributed by atoms with Crippen molar-refractivity contribution in [1.29, 1.82) is 0 Å².